The van der Waals surface area contributed by atoms with Crippen molar-refractivity contribution in [2.45, 2.75) is 13.0 Å². The highest BCUT2D eigenvalue weighted by atomic mass is 32.1. The molecule has 1 aliphatic rings. The lowest BCUT2D eigenvalue weighted by atomic mass is 9.99. The number of nitrogens with zero attached hydrogens (tertiary/aromatic N) is 1. The molecule has 2 N–H and O–H groups in total. The Morgan fingerprint density at radius 2 is 2.24 bits per heavy atom. The summed E-state index contributed by atoms with van der Waals surface area (Å²) in [5.41, 5.74) is 0. The lowest BCUT2D eigenvalue weighted by molar-refractivity contribution is 0.193. The topological polar surface area (TPSA) is 27.3 Å². The van der Waals surface area contributed by atoms with Gasteiger partial charge in [0.05, 0.1) is 0 Å². The number of hydrogen-bond acceptors (Lipinski definition) is 4. The molecule has 2 heterocycles. The molecular formula is C13H23N3S. The molecule has 3 nitrogen and oxygen atoms in total. The van der Waals surface area contributed by atoms with Crippen LogP contribution in [0.5, 0.6) is 0 Å². The van der Waals surface area contributed by atoms with E-state index in [2.05, 4.69) is 47.0 Å². The monoisotopic (exact) mass is 253 g/mol. The van der Waals surface area contributed by atoms with Crippen LogP contribution in [0, 0.1) is 5.92 Å². The van der Waals surface area contributed by atoms with E-state index in [4.69, 9.17) is 0 Å². The van der Waals surface area contributed by atoms with Gasteiger partial charge in [0.25, 0.3) is 0 Å². The van der Waals surface area contributed by atoms with Crippen LogP contribution in [-0.2, 0) is 0 Å². The minimum absolute atomic E-state index is 0.491. The number of rotatable bonds is 5. The van der Waals surface area contributed by atoms with Gasteiger partial charge in [-0.05, 0) is 24.4 Å². The largest absolute Gasteiger partial charge is 0.314 e. The molecule has 1 aliphatic heterocycles. The van der Waals surface area contributed by atoms with Gasteiger partial charge in [-0.15, -0.1) is 11.3 Å². The van der Waals surface area contributed by atoms with Crippen molar-refractivity contribution in [2.24, 2.45) is 5.92 Å². The van der Waals surface area contributed by atoms with E-state index in [9.17, 15) is 0 Å². The van der Waals surface area contributed by atoms with Crippen LogP contribution in [0.4, 0.5) is 0 Å². The first kappa shape index (κ1) is 13.0. The van der Waals surface area contributed by atoms with Crippen molar-refractivity contribution in [3.63, 3.8) is 0 Å². The Labute approximate surface area is 108 Å². The fourth-order valence-electron chi connectivity index (χ4n) is 2.58. The van der Waals surface area contributed by atoms with Gasteiger partial charge in [0.2, 0.25) is 0 Å². The summed E-state index contributed by atoms with van der Waals surface area (Å²) in [6.07, 6.45) is 0. The van der Waals surface area contributed by atoms with Gasteiger partial charge in [-0.25, -0.2) is 0 Å². The first-order chi connectivity index (χ1) is 8.31. The Kier molecular flexibility index (Phi) is 4.98. The lowest BCUT2D eigenvalue weighted by Crippen LogP contribution is -2.46. The maximum atomic E-state index is 3.46. The van der Waals surface area contributed by atoms with E-state index in [1.807, 2.05) is 11.3 Å². The lowest BCUT2D eigenvalue weighted by Gasteiger charge is -2.32. The molecule has 2 unspecified atom stereocenters. The summed E-state index contributed by atoms with van der Waals surface area (Å²) in [7, 11) is 2.07. The minimum atomic E-state index is 0.491. The van der Waals surface area contributed by atoms with Gasteiger partial charge in [-0.1, -0.05) is 13.0 Å². The van der Waals surface area contributed by atoms with Crippen molar-refractivity contribution in [3.05, 3.63) is 22.4 Å². The second-order valence-electron chi connectivity index (χ2n) is 4.81. The number of hydrogen-bond donors (Lipinski definition) is 2. The predicted octanol–water partition coefficient (Wildman–Crippen LogP) is 1.55. The zero-order valence-electron chi connectivity index (χ0n) is 10.8. The Balaban J connectivity index is 1.90. The van der Waals surface area contributed by atoms with Crippen molar-refractivity contribution in [2.75, 3.05) is 39.8 Å². The summed E-state index contributed by atoms with van der Waals surface area (Å²) in [6.45, 7) is 8.18. The molecule has 0 spiro atoms. The Morgan fingerprint density at radius 1 is 1.47 bits per heavy atom. The number of nitrogens with one attached hydrogen (secondary N) is 2. The Morgan fingerprint density at radius 3 is 2.82 bits per heavy atom. The molecule has 1 fully saturated rings. The van der Waals surface area contributed by atoms with Crippen LogP contribution < -0.4 is 10.6 Å². The first-order valence-corrected chi connectivity index (χ1v) is 7.33. The van der Waals surface area contributed by atoms with Gasteiger partial charge >= 0.3 is 0 Å². The summed E-state index contributed by atoms with van der Waals surface area (Å²) >= 11 is 1.85. The van der Waals surface area contributed by atoms with Crippen molar-refractivity contribution in [3.8, 4) is 0 Å². The molecule has 0 aromatic carbocycles. The molecule has 0 radical (unpaired) electrons. The summed E-state index contributed by atoms with van der Waals surface area (Å²) < 4.78 is 0. The predicted molar refractivity (Wildman–Crippen MR) is 74.6 cm³/mol. The normalized spacial score (nSPS) is 21.3. The summed E-state index contributed by atoms with van der Waals surface area (Å²) in [6, 6.07) is 4.87. The van der Waals surface area contributed by atoms with Gasteiger partial charge in [0, 0.05) is 43.6 Å². The van der Waals surface area contributed by atoms with Gasteiger partial charge in [-0.3, -0.25) is 0 Å². The maximum Gasteiger partial charge on any atom is 0.0450 e. The van der Waals surface area contributed by atoms with Crippen molar-refractivity contribution < 1.29 is 0 Å². The van der Waals surface area contributed by atoms with Crippen LogP contribution in [0.1, 0.15) is 17.8 Å². The molecular weight excluding hydrogens is 230 g/mol. The minimum Gasteiger partial charge on any atom is -0.314 e. The first-order valence-electron chi connectivity index (χ1n) is 6.45. The quantitative estimate of drug-likeness (QED) is 0.834. The van der Waals surface area contributed by atoms with E-state index in [-0.39, 0.29) is 0 Å². The van der Waals surface area contributed by atoms with E-state index in [0.717, 1.165) is 13.1 Å². The second-order valence-corrected chi connectivity index (χ2v) is 5.79. The van der Waals surface area contributed by atoms with Crippen LogP contribution in [0.3, 0.4) is 0 Å². The average molecular weight is 253 g/mol. The standard InChI is InChI=1S/C13H23N3S/c1-11(10-16-7-5-15-6-8-16)13(14-2)12-4-3-9-17-12/h3-4,9,11,13-15H,5-8,10H2,1-2H3. The highest BCUT2D eigenvalue weighted by Gasteiger charge is 2.21. The molecule has 17 heavy (non-hydrogen) atoms. The van der Waals surface area contributed by atoms with Crippen molar-refractivity contribution in [1.82, 2.24) is 15.5 Å². The molecule has 1 saturated heterocycles. The maximum absolute atomic E-state index is 3.46. The molecule has 1 aromatic rings. The highest BCUT2D eigenvalue weighted by Crippen LogP contribution is 2.26. The number of thiophene rings is 1. The molecule has 1 aromatic heterocycles. The molecule has 0 aliphatic carbocycles. The molecule has 0 amide bonds. The van der Waals surface area contributed by atoms with E-state index in [1.54, 1.807) is 0 Å². The Hall–Kier alpha value is -0.420. The van der Waals surface area contributed by atoms with Gasteiger partial charge in [-0.2, -0.15) is 0 Å². The van der Waals surface area contributed by atoms with Crippen LogP contribution in [0.2, 0.25) is 0 Å². The van der Waals surface area contributed by atoms with Gasteiger partial charge < -0.3 is 15.5 Å². The van der Waals surface area contributed by atoms with Crippen LogP contribution in [-0.4, -0.2) is 44.7 Å². The molecule has 0 saturated carbocycles. The average Bonchev–Trinajstić information content (AvgIpc) is 2.85. The highest BCUT2D eigenvalue weighted by molar-refractivity contribution is 7.10. The smallest absolute Gasteiger partial charge is 0.0450 e. The molecule has 4 heteroatoms. The SMILES string of the molecule is CNC(c1cccs1)C(C)CN1CCNCC1. The summed E-state index contributed by atoms with van der Waals surface area (Å²) in [5.74, 6) is 0.650. The fourth-order valence-corrected chi connectivity index (χ4v) is 3.55. The van der Waals surface area contributed by atoms with Gasteiger partial charge in [0.15, 0.2) is 0 Å². The van der Waals surface area contributed by atoms with E-state index in [0.29, 0.717) is 12.0 Å². The van der Waals surface area contributed by atoms with Crippen LogP contribution in [0.25, 0.3) is 0 Å². The fraction of sp³-hybridized carbons (Fsp3) is 0.692. The van der Waals surface area contributed by atoms with E-state index in [1.165, 1.54) is 24.5 Å². The van der Waals surface area contributed by atoms with Crippen molar-refractivity contribution >= 4 is 11.3 Å². The van der Waals surface area contributed by atoms with E-state index < -0.39 is 0 Å². The molecule has 2 rings (SSSR count). The van der Waals surface area contributed by atoms with Crippen LogP contribution in [0.15, 0.2) is 17.5 Å². The summed E-state index contributed by atoms with van der Waals surface area (Å²) in [4.78, 5) is 4.02. The Bertz CT molecular complexity index is 306. The van der Waals surface area contributed by atoms with Crippen molar-refractivity contribution in [1.29, 1.82) is 0 Å². The second kappa shape index (κ2) is 6.50. The number of piperazine rings is 1. The third kappa shape index (κ3) is 3.52. The third-order valence-corrected chi connectivity index (χ3v) is 4.44. The zero-order chi connectivity index (χ0) is 12.1. The van der Waals surface area contributed by atoms with Gasteiger partial charge in [0.1, 0.15) is 0 Å². The summed E-state index contributed by atoms with van der Waals surface area (Å²) in [5, 5.41) is 9.03. The van der Waals surface area contributed by atoms with Crippen LogP contribution >= 0.6 is 11.3 Å². The molecule has 96 valence electrons. The molecule has 0 bridgehead atoms. The zero-order valence-corrected chi connectivity index (χ0v) is 11.6. The third-order valence-electron chi connectivity index (χ3n) is 3.49. The molecule has 2 atom stereocenters. The van der Waals surface area contributed by atoms with E-state index >= 15 is 0 Å².